The van der Waals surface area contributed by atoms with Crippen LogP contribution in [0.1, 0.15) is 31.9 Å². The van der Waals surface area contributed by atoms with Crippen LogP contribution in [0.3, 0.4) is 0 Å². The first-order valence-corrected chi connectivity index (χ1v) is 10.2. The van der Waals surface area contributed by atoms with E-state index < -0.39 is 0 Å². The summed E-state index contributed by atoms with van der Waals surface area (Å²) < 4.78 is 11.3. The van der Waals surface area contributed by atoms with Crippen molar-refractivity contribution in [2.45, 2.75) is 27.2 Å². The van der Waals surface area contributed by atoms with Crippen LogP contribution in [-0.2, 0) is 16.0 Å². The smallest absolute Gasteiger partial charge is 0.260 e. The van der Waals surface area contributed by atoms with Gasteiger partial charge in [-0.25, -0.2) is 5.43 Å². The Kier molecular flexibility index (Phi) is 9.35. The monoisotopic (exact) mass is 427 g/mol. The van der Waals surface area contributed by atoms with E-state index in [4.69, 9.17) is 9.47 Å². The summed E-state index contributed by atoms with van der Waals surface area (Å²) in [7, 11) is 0. The first kappa shape index (κ1) is 23.7. The number of amides is 2. The number of hydrogen-bond donors (Lipinski definition) is 2. The van der Waals surface area contributed by atoms with Gasteiger partial charge in [0.15, 0.2) is 18.1 Å². The lowest BCUT2D eigenvalue weighted by atomic mass is 10.1. The molecule has 0 saturated carbocycles. The molecule has 0 bridgehead atoms. The van der Waals surface area contributed by atoms with Gasteiger partial charge in [0.25, 0.3) is 5.91 Å². The van der Waals surface area contributed by atoms with Gasteiger partial charge in [-0.2, -0.15) is 5.10 Å². The zero-order valence-corrected chi connectivity index (χ0v) is 18.1. The van der Waals surface area contributed by atoms with E-state index in [1.54, 1.807) is 35.2 Å². The number of nitrogens with one attached hydrogen (secondary N) is 1. The van der Waals surface area contributed by atoms with E-state index in [2.05, 4.69) is 10.5 Å². The minimum Gasteiger partial charge on any atom is -0.508 e. The van der Waals surface area contributed by atoms with E-state index >= 15 is 0 Å². The lowest BCUT2D eigenvalue weighted by Crippen LogP contribution is -2.34. The standard InChI is InChI=1S/C23H29N3O5/c1-4-26(5-2)23(29)16-31-20-12-9-18(13-21(20)30-6-3)15-24-25-22(28)14-17-7-10-19(27)11-8-17/h7-13,15,27H,4-6,14,16H2,1-3H3,(H,25,28)/b24-15-. The topological polar surface area (TPSA) is 100 Å². The number of carbonyl (C=O) groups is 2. The van der Waals surface area contributed by atoms with Gasteiger partial charge in [0, 0.05) is 13.1 Å². The van der Waals surface area contributed by atoms with E-state index in [9.17, 15) is 14.7 Å². The fraction of sp³-hybridized carbons (Fsp3) is 0.348. The minimum absolute atomic E-state index is 0.0670. The predicted octanol–water partition coefficient (Wildman–Crippen LogP) is 2.73. The number of hydrogen-bond acceptors (Lipinski definition) is 6. The third kappa shape index (κ3) is 7.65. The quantitative estimate of drug-likeness (QED) is 0.424. The van der Waals surface area contributed by atoms with Crippen molar-refractivity contribution >= 4 is 18.0 Å². The molecule has 2 N–H and O–H groups in total. The Balaban J connectivity index is 1.96. The highest BCUT2D eigenvalue weighted by atomic mass is 16.5. The molecular weight excluding hydrogens is 398 g/mol. The second kappa shape index (κ2) is 12.2. The van der Waals surface area contributed by atoms with Crippen molar-refractivity contribution in [3.63, 3.8) is 0 Å². The van der Waals surface area contributed by atoms with Crippen LogP contribution in [-0.4, -0.2) is 54.3 Å². The summed E-state index contributed by atoms with van der Waals surface area (Å²) in [6, 6.07) is 11.6. The van der Waals surface area contributed by atoms with Gasteiger partial charge in [-0.15, -0.1) is 0 Å². The van der Waals surface area contributed by atoms with Gasteiger partial charge in [0.1, 0.15) is 5.75 Å². The van der Waals surface area contributed by atoms with E-state index in [1.807, 2.05) is 20.8 Å². The summed E-state index contributed by atoms with van der Waals surface area (Å²) in [5.41, 5.74) is 3.94. The second-order valence-corrected chi connectivity index (χ2v) is 6.63. The van der Waals surface area contributed by atoms with Crippen LogP contribution in [0.15, 0.2) is 47.6 Å². The summed E-state index contributed by atoms with van der Waals surface area (Å²) in [5.74, 6) is 0.749. The molecule has 2 aromatic carbocycles. The van der Waals surface area contributed by atoms with Gasteiger partial charge >= 0.3 is 0 Å². The summed E-state index contributed by atoms with van der Waals surface area (Å²) >= 11 is 0. The Morgan fingerprint density at radius 1 is 1.03 bits per heavy atom. The number of rotatable bonds is 11. The average Bonchev–Trinajstić information content (AvgIpc) is 2.76. The zero-order chi connectivity index (χ0) is 22.6. The molecule has 0 saturated heterocycles. The number of carbonyl (C=O) groups excluding carboxylic acids is 2. The Morgan fingerprint density at radius 2 is 1.74 bits per heavy atom. The number of nitrogens with zero attached hydrogens (tertiary/aromatic N) is 2. The van der Waals surface area contributed by atoms with Crippen LogP contribution < -0.4 is 14.9 Å². The van der Waals surface area contributed by atoms with Crippen LogP contribution in [0.2, 0.25) is 0 Å². The van der Waals surface area contributed by atoms with Gasteiger partial charge in [-0.05, 0) is 62.2 Å². The van der Waals surface area contributed by atoms with Crippen molar-refractivity contribution in [2.75, 3.05) is 26.3 Å². The molecule has 2 amide bonds. The molecule has 8 nitrogen and oxygen atoms in total. The van der Waals surface area contributed by atoms with Gasteiger partial charge in [0.2, 0.25) is 5.91 Å². The molecule has 0 fully saturated rings. The maximum atomic E-state index is 12.2. The molecule has 8 heteroatoms. The van der Waals surface area contributed by atoms with Gasteiger partial charge in [-0.3, -0.25) is 9.59 Å². The van der Waals surface area contributed by atoms with Crippen LogP contribution in [0.25, 0.3) is 0 Å². The molecule has 0 aliphatic carbocycles. The number of benzene rings is 2. The molecular formula is C23H29N3O5. The highest BCUT2D eigenvalue weighted by Gasteiger charge is 2.13. The predicted molar refractivity (Wildman–Crippen MR) is 119 cm³/mol. The summed E-state index contributed by atoms with van der Waals surface area (Å²) in [5, 5.41) is 13.3. The number of aromatic hydroxyl groups is 1. The molecule has 31 heavy (non-hydrogen) atoms. The Labute approximate surface area is 182 Å². The average molecular weight is 428 g/mol. The molecule has 0 spiro atoms. The summed E-state index contributed by atoms with van der Waals surface area (Å²) in [6.45, 7) is 7.33. The van der Waals surface area contributed by atoms with Crippen molar-refractivity contribution in [3.8, 4) is 17.2 Å². The molecule has 0 aromatic heterocycles. The number of likely N-dealkylation sites (N-methyl/N-ethyl adjacent to an activating group) is 1. The van der Waals surface area contributed by atoms with Crippen molar-refractivity contribution in [2.24, 2.45) is 5.10 Å². The van der Waals surface area contributed by atoms with Gasteiger partial charge in [-0.1, -0.05) is 12.1 Å². The second-order valence-electron chi connectivity index (χ2n) is 6.63. The van der Waals surface area contributed by atoms with Crippen molar-refractivity contribution in [3.05, 3.63) is 53.6 Å². The largest absolute Gasteiger partial charge is 0.508 e. The number of phenols is 1. The minimum atomic E-state index is -0.276. The van der Waals surface area contributed by atoms with Crippen molar-refractivity contribution in [1.29, 1.82) is 0 Å². The molecule has 0 aliphatic rings. The van der Waals surface area contributed by atoms with Gasteiger partial charge < -0.3 is 19.5 Å². The molecule has 0 heterocycles. The van der Waals surface area contributed by atoms with E-state index in [0.717, 1.165) is 5.56 Å². The highest BCUT2D eigenvalue weighted by Crippen LogP contribution is 2.28. The number of ether oxygens (including phenoxy) is 2. The lowest BCUT2D eigenvalue weighted by molar-refractivity contribution is -0.133. The molecule has 0 unspecified atom stereocenters. The van der Waals surface area contributed by atoms with Crippen molar-refractivity contribution < 1.29 is 24.2 Å². The molecule has 166 valence electrons. The number of phenolic OH excluding ortho intramolecular Hbond substituents is 1. The maximum absolute atomic E-state index is 12.2. The summed E-state index contributed by atoms with van der Waals surface area (Å²) in [4.78, 5) is 25.8. The maximum Gasteiger partial charge on any atom is 0.260 e. The van der Waals surface area contributed by atoms with Gasteiger partial charge in [0.05, 0.1) is 19.2 Å². The number of hydrazone groups is 1. The van der Waals surface area contributed by atoms with Crippen LogP contribution in [0, 0.1) is 0 Å². The van der Waals surface area contributed by atoms with Crippen molar-refractivity contribution in [1.82, 2.24) is 10.3 Å². The molecule has 0 atom stereocenters. The Hall–Kier alpha value is -3.55. The Bertz CT molecular complexity index is 893. The fourth-order valence-electron chi connectivity index (χ4n) is 2.82. The molecule has 0 radical (unpaired) electrons. The Morgan fingerprint density at radius 3 is 2.39 bits per heavy atom. The van der Waals surface area contributed by atoms with E-state index in [1.165, 1.54) is 18.3 Å². The summed E-state index contributed by atoms with van der Waals surface area (Å²) in [6.07, 6.45) is 1.65. The zero-order valence-electron chi connectivity index (χ0n) is 18.1. The lowest BCUT2D eigenvalue weighted by Gasteiger charge is -2.19. The van der Waals surface area contributed by atoms with Crippen LogP contribution in [0.5, 0.6) is 17.2 Å². The molecule has 2 aromatic rings. The SMILES string of the molecule is CCOc1cc(/C=N\NC(=O)Cc2ccc(O)cc2)ccc1OCC(=O)N(CC)CC. The third-order valence-corrected chi connectivity index (χ3v) is 4.44. The normalized spacial score (nSPS) is 10.7. The first-order valence-electron chi connectivity index (χ1n) is 10.2. The van der Waals surface area contributed by atoms with E-state index in [-0.39, 0.29) is 30.6 Å². The third-order valence-electron chi connectivity index (χ3n) is 4.44. The molecule has 2 rings (SSSR count). The fourth-order valence-corrected chi connectivity index (χ4v) is 2.82. The first-order chi connectivity index (χ1) is 15.0. The van der Waals surface area contributed by atoms with Crippen LogP contribution in [0.4, 0.5) is 0 Å². The van der Waals surface area contributed by atoms with Crippen LogP contribution >= 0.6 is 0 Å². The highest BCUT2D eigenvalue weighted by molar-refractivity contribution is 5.84. The molecule has 0 aliphatic heterocycles. The van der Waals surface area contributed by atoms with E-state index in [0.29, 0.717) is 36.8 Å².